The normalized spacial score (nSPS) is 17.3. The van der Waals surface area contributed by atoms with Crippen molar-refractivity contribution in [1.29, 1.82) is 0 Å². The van der Waals surface area contributed by atoms with E-state index in [1.54, 1.807) is 16.8 Å². The van der Waals surface area contributed by atoms with E-state index in [4.69, 9.17) is 0 Å². The van der Waals surface area contributed by atoms with Crippen molar-refractivity contribution in [2.45, 2.75) is 57.8 Å². The van der Waals surface area contributed by atoms with Crippen molar-refractivity contribution in [3.05, 3.63) is 58.7 Å². The van der Waals surface area contributed by atoms with Gasteiger partial charge in [-0.15, -0.1) is 0 Å². The van der Waals surface area contributed by atoms with Crippen LogP contribution in [0.25, 0.3) is 5.69 Å². The molecule has 3 heterocycles. The number of rotatable bonds is 5. The molecule has 0 unspecified atom stereocenters. The molecule has 2 aliphatic rings. The highest BCUT2D eigenvalue weighted by atomic mass is 19.1. The lowest BCUT2D eigenvalue weighted by molar-refractivity contribution is -0.131. The van der Waals surface area contributed by atoms with Crippen LogP contribution in [0.4, 0.5) is 4.39 Å². The third-order valence-electron chi connectivity index (χ3n) is 6.54. The number of hydrogen-bond donors (Lipinski definition) is 1. The Labute approximate surface area is 180 Å². The average Bonchev–Trinajstić information content (AvgIpc) is 3.45. The minimum atomic E-state index is -0.279. The highest BCUT2D eigenvalue weighted by Gasteiger charge is 2.31. The first-order valence-electron chi connectivity index (χ1n) is 11.0. The van der Waals surface area contributed by atoms with E-state index in [9.17, 15) is 9.18 Å². The monoisotopic (exact) mass is 422 g/mol. The minimum absolute atomic E-state index is 0.125. The Balaban J connectivity index is 1.23. The number of carbonyl (C=O) groups excluding carboxylic acids is 1. The van der Waals surface area contributed by atoms with Crippen LogP contribution in [0.1, 0.15) is 66.1 Å². The Morgan fingerprint density at radius 3 is 2.48 bits per heavy atom. The molecule has 1 saturated heterocycles. The molecule has 3 aromatic rings. The molecule has 1 aliphatic carbocycles. The zero-order chi connectivity index (χ0) is 21.5. The van der Waals surface area contributed by atoms with E-state index >= 15 is 0 Å². The van der Waals surface area contributed by atoms with Gasteiger partial charge in [-0.25, -0.2) is 14.1 Å². The number of likely N-dealkylation sites (tertiary alicyclic amines) is 1. The standard InChI is InChI=1S/C23H27FN6O/c1-14-20(15(2)30(28-14)19-7-5-18(24)6-8-19)13-21(31)29-11-9-17(10-12-29)23-25-22(26-27-23)16-3-4-16/h5-8,16-17H,3-4,9-13H2,1-2H3,(H,25,26,27). The van der Waals surface area contributed by atoms with Gasteiger partial charge in [0.05, 0.1) is 17.8 Å². The number of aryl methyl sites for hydroxylation is 1. The van der Waals surface area contributed by atoms with Gasteiger partial charge in [0, 0.05) is 36.2 Å². The van der Waals surface area contributed by atoms with Crippen molar-refractivity contribution in [2.75, 3.05) is 13.1 Å². The number of H-pyrrole nitrogens is 1. The van der Waals surface area contributed by atoms with E-state index in [1.165, 1.54) is 25.0 Å². The Hall–Kier alpha value is -3.03. The van der Waals surface area contributed by atoms with Gasteiger partial charge in [0.25, 0.3) is 0 Å². The third-order valence-corrected chi connectivity index (χ3v) is 6.54. The molecule has 0 atom stereocenters. The first-order valence-corrected chi connectivity index (χ1v) is 11.0. The highest BCUT2D eigenvalue weighted by molar-refractivity contribution is 5.79. The first kappa shape index (κ1) is 19.9. The van der Waals surface area contributed by atoms with Gasteiger partial charge in [-0.3, -0.25) is 9.89 Å². The number of piperidine rings is 1. The van der Waals surface area contributed by atoms with Gasteiger partial charge < -0.3 is 4.90 Å². The van der Waals surface area contributed by atoms with E-state index in [0.717, 1.165) is 60.2 Å². The first-order chi connectivity index (χ1) is 15.0. The summed E-state index contributed by atoms with van der Waals surface area (Å²) in [5.74, 6) is 2.67. The topological polar surface area (TPSA) is 79.7 Å². The summed E-state index contributed by atoms with van der Waals surface area (Å²) in [7, 11) is 0. The second-order valence-corrected chi connectivity index (χ2v) is 8.72. The maximum absolute atomic E-state index is 13.3. The van der Waals surface area contributed by atoms with Crippen LogP contribution in [0.3, 0.4) is 0 Å². The Bertz CT molecular complexity index is 1090. The number of nitrogens with zero attached hydrogens (tertiary/aromatic N) is 5. The Kier molecular flexibility index (Phi) is 5.08. The molecule has 1 amide bonds. The van der Waals surface area contributed by atoms with Crippen LogP contribution in [-0.4, -0.2) is 48.9 Å². The van der Waals surface area contributed by atoms with Crippen molar-refractivity contribution < 1.29 is 9.18 Å². The van der Waals surface area contributed by atoms with Crippen molar-refractivity contribution >= 4 is 5.91 Å². The molecule has 1 aromatic carbocycles. The van der Waals surface area contributed by atoms with Gasteiger partial charge >= 0.3 is 0 Å². The second kappa shape index (κ2) is 7.90. The van der Waals surface area contributed by atoms with E-state index < -0.39 is 0 Å². The summed E-state index contributed by atoms with van der Waals surface area (Å²) < 4.78 is 15.0. The summed E-state index contributed by atoms with van der Waals surface area (Å²) in [6.07, 6.45) is 4.52. The number of hydrogen-bond acceptors (Lipinski definition) is 4. The van der Waals surface area contributed by atoms with Crippen molar-refractivity contribution in [2.24, 2.45) is 0 Å². The summed E-state index contributed by atoms with van der Waals surface area (Å²) in [4.78, 5) is 19.6. The van der Waals surface area contributed by atoms with Crippen LogP contribution < -0.4 is 0 Å². The molecule has 162 valence electrons. The van der Waals surface area contributed by atoms with Crippen molar-refractivity contribution in [1.82, 2.24) is 29.9 Å². The fraction of sp³-hybridized carbons (Fsp3) is 0.478. The zero-order valence-electron chi connectivity index (χ0n) is 17.9. The SMILES string of the molecule is Cc1nn(-c2ccc(F)cc2)c(C)c1CC(=O)N1CCC(c2nc(C3CC3)n[nH]2)CC1. The fourth-order valence-corrected chi connectivity index (χ4v) is 4.42. The van der Waals surface area contributed by atoms with Gasteiger partial charge in [-0.05, 0) is 63.8 Å². The summed E-state index contributed by atoms with van der Waals surface area (Å²) in [5, 5.41) is 12.1. The molecule has 31 heavy (non-hydrogen) atoms. The summed E-state index contributed by atoms with van der Waals surface area (Å²) in [6.45, 7) is 5.34. The summed E-state index contributed by atoms with van der Waals surface area (Å²) in [6, 6.07) is 6.23. The van der Waals surface area contributed by atoms with Gasteiger partial charge in [-0.2, -0.15) is 10.2 Å². The molecule has 1 saturated carbocycles. The largest absolute Gasteiger partial charge is 0.342 e. The molecule has 1 aliphatic heterocycles. The number of aromatic nitrogens is 5. The molecule has 1 N–H and O–H groups in total. The predicted octanol–water partition coefficient (Wildman–Crippen LogP) is 3.57. The van der Waals surface area contributed by atoms with Crippen LogP contribution in [0.5, 0.6) is 0 Å². The average molecular weight is 423 g/mol. The molecular formula is C23H27FN6O. The Morgan fingerprint density at radius 2 is 1.81 bits per heavy atom. The highest BCUT2D eigenvalue weighted by Crippen LogP contribution is 2.38. The molecule has 0 spiro atoms. The van der Waals surface area contributed by atoms with Crippen LogP contribution in [0, 0.1) is 19.7 Å². The Morgan fingerprint density at radius 1 is 1.10 bits per heavy atom. The number of amides is 1. The van der Waals surface area contributed by atoms with Crippen LogP contribution in [0.2, 0.25) is 0 Å². The summed E-state index contributed by atoms with van der Waals surface area (Å²) in [5.41, 5.74) is 3.49. The second-order valence-electron chi connectivity index (χ2n) is 8.72. The number of benzene rings is 1. The number of aromatic amines is 1. The van der Waals surface area contributed by atoms with E-state index in [2.05, 4.69) is 20.3 Å². The van der Waals surface area contributed by atoms with Gasteiger partial charge in [0.15, 0.2) is 5.82 Å². The van der Waals surface area contributed by atoms with Crippen LogP contribution in [0.15, 0.2) is 24.3 Å². The molecule has 7 nitrogen and oxygen atoms in total. The molecule has 0 radical (unpaired) electrons. The fourth-order valence-electron chi connectivity index (χ4n) is 4.42. The zero-order valence-corrected chi connectivity index (χ0v) is 17.9. The van der Waals surface area contributed by atoms with Gasteiger partial charge in [0.1, 0.15) is 11.6 Å². The van der Waals surface area contributed by atoms with Gasteiger partial charge in [0.2, 0.25) is 5.91 Å². The third kappa shape index (κ3) is 3.98. The molecule has 8 heteroatoms. The maximum atomic E-state index is 13.3. The summed E-state index contributed by atoms with van der Waals surface area (Å²) >= 11 is 0. The molecule has 2 aromatic heterocycles. The van der Waals surface area contributed by atoms with Crippen molar-refractivity contribution in [3.63, 3.8) is 0 Å². The van der Waals surface area contributed by atoms with E-state index in [1.807, 2.05) is 18.7 Å². The molecule has 2 fully saturated rings. The molecule has 0 bridgehead atoms. The smallest absolute Gasteiger partial charge is 0.227 e. The van der Waals surface area contributed by atoms with Crippen LogP contribution in [-0.2, 0) is 11.2 Å². The lowest BCUT2D eigenvalue weighted by Gasteiger charge is -2.31. The molecule has 5 rings (SSSR count). The quantitative estimate of drug-likeness (QED) is 0.682. The van der Waals surface area contributed by atoms with Crippen LogP contribution >= 0.6 is 0 Å². The number of carbonyl (C=O) groups is 1. The van der Waals surface area contributed by atoms with Gasteiger partial charge in [-0.1, -0.05) is 0 Å². The lowest BCUT2D eigenvalue weighted by atomic mass is 9.95. The maximum Gasteiger partial charge on any atom is 0.227 e. The number of nitrogens with one attached hydrogen (secondary N) is 1. The predicted molar refractivity (Wildman–Crippen MR) is 114 cm³/mol. The molecular weight excluding hydrogens is 395 g/mol. The number of halogens is 1. The van der Waals surface area contributed by atoms with Crippen molar-refractivity contribution in [3.8, 4) is 5.69 Å². The lowest BCUT2D eigenvalue weighted by Crippen LogP contribution is -2.39. The minimum Gasteiger partial charge on any atom is -0.342 e. The van der Waals surface area contributed by atoms with E-state index in [-0.39, 0.29) is 11.7 Å². The van der Waals surface area contributed by atoms with E-state index in [0.29, 0.717) is 18.3 Å².